The topological polar surface area (TPSA) is 24.1 Å². The van der Waals surface area contributed by atoms with Crippen molar-refractivity contribution in [2.45, 2.75) is 13.8 Å². The van der Waals surface area contributed by atoms with E-state index in [1.165, 1.54) is 5.70 Å². The molecule has 10 heavy (non-hydrogen) atoms. The van der Waals surface area contributed by atoms with Gasteiger partial charge in [-0.05, 0) is 12.1 Å². The molecule has 0 spiro atoms. The first-order valence-corrected chi connectivity index (χ1v) is 3.47. The summed E-state index contributed by atoms with van der Waals surface area (Å²) in [6.07, 6.45) is 3.57. The van der Waals surface area contributed by atoms with E-state index < -0.39 is 0 Å². The summed E-state index contributed by atoms with van der Waals surface area (Å²) in [6, 6.07) is 0. The number of rotatable bonds is 4. The largest absolute Gasteiger partial charge is 0.390 e. The molecule has 2 nitrogen and oxygen atoms in total. The van der Waals surface area contributed by atoms with Gasteiger partial charge in [0.25, 0.3) is 0 Å². The summed E-state index contributed by atoms with van der Waals surface area (Å²) >= 11 is 0. The Bertz CT molecular complexity index is 125. The second-order valence-corrected chi connectivity index (χ2v) is 2.38. The number of allylic oxidation sites excluding steroid dienone is 1. The van der Waals surface area contributed by atoms with Crippen LogP contribution in [-0.4, -0.2) is 7.05 Å². The van der Waals surface area contributed by atoms with Crippen molar-refractivity contribution in [3.05, 3.63) is 24.7 Å². The van der Waals surface area contributed by atoms with Gasteiger partial charge in [-0.3, -0.25) is 0 Å². The average Bonchev–Trinajstić information content (AvgIpc) is 1.89. The molecule has 0 radical (unpaired) electrons. The molecule has 0 unspecified atom stereocenters. The van der Waals surface area contributed by atoms with Crippen molar-refractivity contribution in [3.8, 4) is 0 Å². The van der Waals surface area contributed by atoms with E-state index >= 15 is 0 Å². The third-order valence-electron chi connectivity index (χ3n) is 1.27. The lowest BCUT2D eigenvalue weighted by atomic mass is 10.1. The monoisotopic (exact) mass is 140 g/mol. The van der Waals surface area contributed by atoms with Gasteiger partial charge in [0.15, 0.2) is 0 Å². The fourth-order valence-electron chi connectivity index (χ4n) is 0.676. The quantitative estimate of drug-likeness (QED) is 0.617. The molecule has 0 aliphatic heterocycles. The first-order chi connectivity index (χ1) is 4.72. The highest BCUT2D eigenvalue weighted by molar-refractivity contribution is 5.01. The van der Waals surface area contributed by atoms with Crippen LogP contribution in [0, 0.1) is 5.92 Å². The van der Waals surface area contributed by atoms with Gasteiger partial charge in [-0.25, -0.2) is 0 Å². The van der Waals surface area contributed by atoms with Crippen molar-refractivity contribution >= 4 is 0 Å². The van der Waals surface area contributed by atoms with Gasteiger partial charge in [0, 0.05) is 18.9 Å². The maximum absolute atomic E-state index is 3.54. The maximum Gasteiger partial charge on any atom is 0.0293 e. The third-order valence-corrected chi connectivity index (χ3v) is 1.27. The SMILES string of the molecule is C=CN/C=C(\NC)C(C)C. The molecule has 0 aliphatic carbocycles. The summed E-state index contributed by atoms with van der Waals surface area (Å²) in [5.74, 6) is 0.525. The van der Waals surface area contributed by atoms with Crippen molar-refractivity contribution in [1.29, 1.82) is 0 Å². The van der Waals surface area contributed by atoms with Crippen LogP contribution in [0.1, 0.15) is 13.8 Å². The molecular weight excluding hydrogens is 124 g/mol. The Morgan fingerprint density at radius 1 is 1.50 bits per heavy atom. The highest BCUT2D eigenvalue weighted by Crippen LogP contribution is 2.02. The van der Waals surface area contributed by atoms with Crippen LogP contribution in [0.3, 0.4) is 0 Å². The van der Waals surface area contributed by atoms with Crippen LogP contribution in [0.15, 0.2) is 24.7 Å². The Hall–Kier alpha value is -0.920. The molecule has 0 atom stereocenters. The van der Waals surface area contributed by atoms with E-state index in [2.05, 4.69) is 31.1 Å². The zero-order chi connectivity index (χ0) is 7.98. The van der Waals surface area contributed by atoms with E-state index in [0.717, 1.165) is 0 Å². The van der Waals surface area contributed by atoms with Crippen LogP contribution in [0.5, 0.6) is 0 Å². The molecule has 0 fully saturated rings. The molecule has 0 aliphatic rings. The van der Waals surface area contributed by atoms with E-state index in [-0.39, 0.29) is 0 Å². The van der Waals surface area contributed by atoms with E-state index in [9.17, 15) is 0 Å². The van der Waals surface area contributed by atoms with Crippen LogP contribution < -0.4 is 10.6 Å². The minimum Gasteiger partial charge on any atom is -0.390 e. The van der Waals surface area contributed by atoms with E-state index in [0.29, 0.717) is 5.92 Å². The molecule has 0 bridgehead atoms. The molecule has 0 saturated carbocycles. The molecule has 0 heterocycles. The van der Waals surface area contributed by atoms with Gasteiger partial charge in [-0.15, -0.1) is 0 Å². The highest BCUT2D eigenvalue weighted by Gasteiger charge is 1.97. The first-order valence-electron chi connectivity index (χ1n) is 3.47. The van der Waals surface area contributed by atoms with E-state index in [1.807, 2.05) is 13.2 Å². The van der Waals surface area contributed by atoms with Crippen LogP contribution in [-0.2, 0) is 0 Å². The first kappa shape index (κ1) is 9.08. The molecule has 2 N–H and O–H groups in total. The molecule has 0 aromatic heterocycles. The number of hydrogen-bond acceptors (Lipinski definition) is 2. The van der Waals surface area contributed by atoms with Gasteiger partial charge in [-0.2, -0.15) is 0 Å². The average molecular weight is 140 g/mol. The number of nitrogens with one attached hydrogen (secondary N) is 2. The summed E-state index contributed by atoms with van der Waals surface area (Å²) in [5, 5.41) is 6.01. The predicted octanol–water partition coefficient (Wildman–Crippen LogP) is 1.44. The Labute approximate surface area is 63.0 Å². The number of hydrogen-bond donors (Lipinski definition) is 2. The lowest BCUT2D eigenvalue weighted by Crippen LogP contribution is -2.14. The van der Waals surface area contributed by atoms with Gasteiger partial charge in [-0.1, -0.05) is 20.4 Å². The molecule has 0 aromatic carbocycles. The minimum atomic E-state index is 0.525. The molecule has 58 valence electrons. The standard InChI is InChI=1S/C8H16N2/c1-5-10-6-8(9-4)7(2)3/h5-7,9-10H,1H2,2-4H3/b8-6-. The van der Waals surface area contributed by atoms with Crippen molar-refractivity contribution in [2.24, 2.45) is 5.92 Å². The zero-order valence-electron chi connectivity index (χ0n) is 6.94. The molecule has 2 heteroatoms. The van der Waals surface area contributed by atoms with Crippen LogP contribution in [0.2, 0.25) is 0 Å². The van der Waals surface area contributed by atoms with Gasteiger partial charge in [0.2, 0.25) is 0 Å². The zero-order valence-corrected chi connectivity index (χ0v) is 6.94. The van der Waals surface area contributed by atoms with Crippen molar-refractivity contribution in [3.63, 3.8) is 0 Å². The Balaban J connectivity index is 3.90. The lowest BCUT2D eigenvalue weighted by Gasteiger charge is -2.09. The van der Waals surface area contributed by atoms with Crippen molar-refractivity contribution < 1.29 is 0 Å². The summed E-state index contributed by atoms with van der Waals surface area (Å²) in [6.45, 7) is 7.81. The molecular formula is C8H16N2. The summed E-state index contributed by atoms with van der Waals surface area (Å²) < 4.78 is 0. The maximum atomic E-state index is 3.54. The fraction of sp³-hybridized carbons (Fsp3) is 0.500. The second-order valence-electron chi connectivity index (χ2n) is 2.38. The molecule has 0 rings (SSSR count). The fourth-order valence-corrected chi connectivity index (χ4v) is 0.676. The molecule has 0 aromatic rings. The third kappa shape index (κ3) is 3.17. The van der Waals surface area contributed by atoms with Crippen LogP contribution >= 0.6 is 0 Å². The highest BCUT2D eigenvalue weighted by atomic mass is 14.9. The van der Waals surface area contributed by atoms with Crippen LogP contribution in [0.4, 0.5) is 0 Å². The lowest BCUT2D eigenvalue weighted by molar-refractivity contribution is 0.691. The van der Waals surface area contributed by atoms with Crippen LogP contribution in [0.25, 0.3) is 0 Å². The Morgan fingerprint density at radius 2 is 2.10 bits per heavy atom. The Morgan fingerprint density at radius 3 is 2.40 bits per heavy atom. The van der Waals surface area contributed by atoms with Gasteiger partial charge in [0.1, 0.15) is 0 Å². The molecule has 0 saturated heterocycles. The Kier molecular flexibility index (Phi) is 4.46. The van der Waals surface area contributed by atoms with E-state index in [1.54, 1.807) is 6.20 Å². The summed E-state index contributed by atoms with van der Waals surface area (Å²) in [5.41, 5.74) is 1.18. The van der Waals surface area contributed by atoms with Gasteiger partial charge in [0.05, 0.1) is 0 Å². The minimum absolute atomic E-state index is 0.525. The van der Waals surface area contributed by atoms with Crippen molar-refractivity contribution in [1.82, 2.24) is 10.6 Å². The summed E-state index contributed by atoms with van der Waals surface area (Å²) in [7, 11) is 1.91. The second kappa shape index (κ2) is 4.91. The van der Waals surface area contributed by atoms with E-state index in [4.69, 9.17) is 0 Å². The van der Waals surface area contributed by atoms with Crippen molar-refractivity contribution in [2.75, 3.05) is 7.05 Å². The predicted molar refractivity (Wildman–Crippen MR) is 45.3 cm³/mol. The smallest absolute Gasteiger partial charge is 0.0293 e. The van der Waals surface area contributed by atoms with Gasteiger partial charge < -0.3 is 10.6 Å². The molecule has 0 amide bonds. The summed E-state index contributed by atoms with van der Waals surface area (Å²) in [4.78, 5) is 0. The normalized spacial score (nSPS) is 11.4. The van der Waals surface area contributed by atoms with Gasteiger partial charge >= 0.3 is 0 Å².